The lowest BCUT2D eigenvalue weighted by atomic mass is 10.2. The van der Waals surface area contributed by atoms with E-state index in [1.54, 1.807) is 10.9 Å². The number of piperazine rings is 1. The lowest BCUT2D eigenvalue weighted by molar-refractivity contribution is 0.0668. The van der Waals surface area contributed by atoms with Crippen LogP contribution in [0, 0.1) is 6.92 Å². The summed E-state index contributed by atoms with van der Waals surface area (Å²) in [6.45, 7) is 5.51. The molecule has 1 aliphatic rings. The van der Waals surface area contributed by atoms with Crippen LogP contribution in [0.3, 0.4) is 0 Å². The smallest absolute Gasteiger partial charge is 0.264 e. The van der Waals surface area contributed by atoms with Crippen LogP contribution in [-0.2, 0) is 6.54 Å². The van der Waals surface area contributed by atoms with Crippen LogP contribution in [0.2, 0.25) is 0 Å². The van der Waals surface area contributed by atoms with Gasteiger partial charge in [0.15, 0.2) is 0 Å². The number of amides is 1. The maximum atomic E-state index is 13.0. The summed E-state index contributed by atoms with van der Waals surface area (Å²) in [5.74, 6) is 0.0117. The van der Waals surface area contributed by atoms with Gasteiger partial charge in [-0.15, -0.1) is 11.3 Å². The van der Waals surface area contributed by atoms with E-state index in [0.717, 1.165) is 24.2 Å². The fourth-order valence-corrected chi connectivity index (χ4v) is 4.52. The molecule has 0 unspecified atom stereocenters. The molecule has 0 atom stereocenters. The number of nitrogens with zero attached hydrogens (tertiary/aromatic N) is 4. The first-order valence-corrected chi connectivity index (χ1v) is 9.86. The summed E-state index contributed by atoms with van der Waals surface area (Å²) in [6, 6.07) is 9.83. The Morgan fingerprint density at radius 3 is 2.56 bits per heavy atom. The molecule has 0 bridgehead atoms. The second kappa shape index (κ2) is 7.25. The Morgan fingerprint density at radius 1 is 1.15 bits per heavy atom. The van der Waals surface area contributed by atoms with Crippen molar-refractivity contribution in [1.82, 2.24) is 19.4 Å². The van der Waals surface area contributed by atoms with Crippen molar-refractivity contribution in [2.24, 2.45) is 0 Å². The molecular formula is C20H22N4O2S. The summed E-state index contributed by atoms with van der Waals surface area (Å²) >= 11 is 1.33. The second-order valence-electron chi connectivity index (χ2n) is 7.00. The van der Waals surface area contributed by atoms with Gasteiger partial charge in [-0.3, -0.25) is 14.2 Å². The third-order valence-electron chi connectivity index (χ3n) is 5.10. The van der Waals surface area contributed by atoms with Crippen molar-refractivity contribution < 1.29 is 4.79 Å². The van der Waals surface area contributed by atoms with Crippen molar-refractivity contribution in [2.75, 3.05) is 33.2 Å². The molecule has 1 aromatic carbocycles. The monoisotopic (exact) mass is 382 g/mol. The van der Waals surface area contributed by atoms with Gasteiger partial charge in [0, 0.05) is 26.2 Å². The number of fused-ring (bicyclic) bond motifs is 1. The molecule has 1 amide bonds. The number of aromatic nitrogens is 2. The molecule has 1 aliphatic heterocycles. The van der Waals surface area contributed by atoms with Crippen LogP contribution in [0.25, 0.3) is 10.2 Å². The predicted octanol–water partition coefficient (Wildman–Crippen LogP) is 2.20. The highest BCUT2D eigenvalue weighted by atomic mass is 32.1. The summed E-state index contributed by atoms with van der Waals surface area (Å²) < 4.78 is 1.61. The van der Waals surface area contributed by atoms with Gasteiger partial charge in [-0.1, -0.05) is 30.3 Å². The van der Waals surface area contributed by atoms with E-state index in [-0.39, 0.29) is 11.5 Å². The second-order valence-corrected chi connectivity index (χ2v) is 7.99. The lowest BCUT2D eigenvalue weighted by Crippen LogP contribution is -2.47. The third-order valence-corrected chi connectivity index (χ3v) is 6.29. The highest BCUT2D eigenvalue weighted by molar-refractivity contribution is 7.20. The van der Waals surface area contributed by atoms with Crippen molar-refractivity contribution in [3.8, 4) is 0 Å². The number of carbonyl (C=O) groups is 1. The molecule has 4 rings (SSSR count). The maximum Gasteiger partial charge on any atom is 0.264 e. The van der Waals surface area contributed by atoms with E-state index in [1.807, 2.05) is 42.2 Å². The first kappa shape index (κ1) is 17.9. The van der Waals surface area contributed by atoms with Gasteiger partial charge in [0.1, 0.15) is 4.83 Å². The summed E-state index contributed by atoms with van der Waals surface area (Å²) in [5, 5.41) is 0.566. The van der Waals surface area contributed by atoms with Gasteiger partial charge in [-0.25, -0.2) is 4.98 Å². The molecule has 0 N–H and O–H groups in total. The summed E-state index contributed by atoms with van der Waals surface area (Å²) in [4.78, 5) is 35.8. The van der Waals surface area contributed by atoms with Gasteiger partial charge in [0.05, 0.1) is 23.1 Å². The standard InChI is InChI=1S/C20H22N4O2S/c1-14-16-18(27-17(14)20(26)23-10-8-22(2)9-11-23)21-13-24(19(16)25)12-15-6-4-3-5-7-15/h3-7,13H,8-12H2,1-2H3. The lowest BCUT2D eigenvalue weighted by Gasteiger charge is -2.32. The topological polar surface area (TPSA) is 58.4 Å². The number of hydrogen-bond donors (Lipinski definition) is 0. The fourth-order valence-electron chi connectivity index (χ4n) is 3.41. The Bertz CT molecular complexity index is 1030. The van der Waals surface area contributed by atoms with Gasteiger partial charge in [-0.2, -0.15) is 0 Å². The predicted molar refractivity (Wildman–Crippen MR) is 108 cm³/mol. The normalized spacial score (nSPS) is 15.4. The highest BCUT2D eigenvalue weighted by Crippen LogP contribution is 2.28. The minimum atomic E-state index is -0.0879. The first-order chi connectivity index (χ1) is 13.0. The quantitative estimate of drug-likeness (QED) is 0.697. The zero-order valence-corrected chi connectivity index (χ0v) is 16.3. The van der Waals surface area contributed by atoms with E-state index < -0.39 is 0 Å². The molecule has 0 radical (unpaired) electrons. The van der Waals surface area contributed by atoms with Gasteiger partial charge >= 0.3 is 0 Å². The number of thiophene rings is 1. The van der Waals surface area contributed by atoms with E-state index >= 15 is 0 Å². The van der Waals surface area contributed by atoms with Crippen LogP contribution in [0.5, 0.6) is 0 Å². The molecule has 140 valence electrons. The number of rotatable bonds is 3. The molecule has 3 heterocycles. The van der Waals surface area contributed by atoms with Crippen molar-refractivity contribution in [3.63, 3.8) is 0 Å². The van der Waals surface area contributed by atoms with Gasteiger partial charge in [0.2, 0.25) is 0 Å². The molecule has 3 aromatic rings. The van der Waals surface area contributed by atoms with Gasteiger partial charge in [0.25, 0.3) is 11.5 Å². The Morgan fingerprint density at radius 2 is 1.85 bits per heavy atom. The average molecular weight is 382 g/mol. The Kier molecular flexibility index (Phi) is 4.80. The van der Waals surface area contributed by atoms with Crippen molar-refractivity contribution in [1.29, 1.82) is 0 Å². The summed E-state index contributed by atoms with van der Waals surface area (Å²) in [6.07, 6.45) is 1.58. The molecular weight excluding hydrogens is 360 g/mol. The zero-order chi connectivity index (χ0) is 19.0. The van der Waals surface area contributed by atoms with Crippen molar-refractivity contribution in [2.45, 2.75) is 13.5 Å². The van der Waals surface area contributed by atoms with Crippen LogP contribution in [-0.4, -0.2) is 58.5 Å². The number of hydrogen-bond acceptors (Lipinski definition) is 5. The largest absolute Gasteiger partial charge is 0.335 e. The van der Waals surface area contributed by atoms with E-state index in [1.165, 1.54) is 11.3 Å². The van der Waals surface area contributed by atoms with E-state index in [9.17, 15) is 9.59 Å². The minimum absolute atomic E-state index is 0.0117. The molecule has 0 aliphatic carbocycles. The molecule has 2 aromatic heterocycles. The zero-order valence-electron chi connectivity index (χ0n) is 15.5. The molecule has 0 spiro atoms. The summed E-state index contributed by atoms with van der Waals surface area (Å²) in [5.41, 5.74) is 1.70. The molecule has 0 saturated carbocycles. The molecule has 27 heavy (non-hydrogen) atoms. The van der Waals surface area contributed by atoms with Crippen LogP contribution in [0.1, 0.15) is 20.8 Å². The summed E-state index contributed by atoms with van der Waals surface area (Å²) in [7, 11) is 2.06. The Labute approximate surface area is 161 Å². The number of carbonyl (C=O) groups excluding carboxylic acids is 1. The number of aryl methyl sites for hydroxylation is 1. The van der Waals surface area contributed by atoms with E-state index in [4.69, 9.17) is 0 Å². The Balaban J connectivity index is 1.68. The van der Waals surface area contributed by atoms with E-state index in [2.05, 4.69) is 16.9 Å². The van der Waals surface area contributed by atoms with Crippen LogP contribution >= 0.6 is 11.3 Å². The first-order valence-electron chi connectivity index (χ1n) is 9.05. The van der Waals surface area contributed by atoms with E-state index in [0.29, 0.717) is 34.7 Å². The molecule has 1 fully saturated rings. The van der Waals surface area contributed by atoms with Crippen LogP contribution < -0.4 is 5.56 Å². The van der Waals surface area contributed by atoms with Crippen molar-refractivity contribution in [3.05, 3.63) is 63.0 Å². The number of benzene rings is 1. The van der Waals surface area contributed by atoms with Crippen LogP contribution in [0.4, 0.5) is 0 Å². The molecule has 7 heteroatoms. The van der Waals surface area contributed by atoms with Crippen molar-refractivity contribution >= 4 is 27.5 Å². The number of likely N-dealkylation sites (N-methyl/N-ethyl adjacent to an activating group) is 1. The SMILES string of the molecule is Cc1c(C(=O)N2CCN(C)CC2)sc2ncn(Cc3ccccc3)c(=O)c12. The Hall–Kier alpha value is -2.51. The maximum absolute atomic E-state index is 13.0. The minimum Gasteiger partial charge on any atom is -0.335 e. The average Bonchev–Trinajstić information content (AvgIpc) is 3.02. The molecule has 6 nitrogen and oxygen atoms in total. The van der Waals surface area contributed by atoms with Gasteiger partial charge < -0.3 is 9.80 Å². The molecule has 1 saturated heterocycles. The van der Waals surface area contributed by atoms with Crippen LogP contribution in [0.15, 0.2) is 41.5 Å². The highest BCUT2D eigenvalue weighted by Gasteiger charge is 2.25. The third kappa shape index (κ3) is 3.40. The van der Waals surface area contributed by atoms with Gasteiger partial charge in [-0.05, 0) is 25.1 Å². The fraction of sp³-hybridized carbons (Fsp3) is 0.350.